The van der Waals surface area contributed by atoms with Crippen molar-refractivity contribution in [1.82, 2.24) is 0 Å². The first-order valence-electron chi connectivity index (χ1n) is 34.1. The van der Waals surface area contributed by atoms with Crippen molar-refractivity contribution in [2.24, 2.45) is 0 Å². The molecule has 23 heteroatoms. The van der Waals surface area contributed by atoms with E-state index in [1.165, 1.54) is 43.3 Å². The highest BCUT2D eigenvalue weighted by atomic mass is 28.4. The first-order chi connectivity index (χ1) is 49.3. The number of terminal acetylenes is 1. The van der Waals surface area contributed by atoms with Crippen LogP contribution in [0.3, 0.4) is 0 Å². The maximum atomic E-state index is 15.4. The van der Waals surface area contributed by atoms with Crippen molar-refractivity contribution in [3.63, 3.8) is 0 Å². The number of carbonyl (C=O) groups excluding carboxylic acids is 6. The fourth-order valence-corrected chi connectivity index (χ4v) is 22.9. The predicted molar refractivity (Wildman–Crippen MR) is 383 cm³/mol. The normalized spacial score (nSPS) is 25.2. The maximum Gasteiger partial charge on any atom is 0.338 e. The summed E-state index contributed by atoms with van der Waals surface area (Å²) in [5.74, 6) is -2.93. The Balaban J connectivity index is 1.21. The molecule has 3 aliphatic rings. The van der Waals surface area contributed by atoms with Crippen molar-refractivity contribution in [2.45, 2.75) is 171 Å². The van der Waals surface area contributed by atoms with E-state index >= 15 is 9.59 Å². The van der Waals surface area contributed by atoms with Gasteiger partial charge < -0.3 is 70.8 Å². The highest BCUT2D eigenvalue weighted by Crippen LogP contribution is 2.43. The van der Waals surface area contributed by atoms with Crippen LogP contribution in [0.5, 0.6) is 0 Å². The summed E-state index contributed by atoms with van der Waals surface area (Å²) in [7, 11) is -7.19. The van der Waals surface area contributed by atoms with Crippen LogP contribution in [0.25, 0.3) is 0 Å². The van der Waals surface area contributed by atoms with Gasteiger partial charge in [0.1, 0.15) is 31.0 Å². The second-order valence-corrected chi connectivity index (χ2v) is 36.0. The lowest BCUT2D eigenvalue weighted by atomic mass is 9.95. The number of aliphatic hydroxyl groups excluding tert-OH is 1. The van der Waals surface area contributed by atoms with E-state index < -0.39 is 174 Å². The second kappa shape index (κ2) is 34.1. The number of aliphatic hydroxyl groups is 1. The largest absolute Gasteiger partial charge is 0.456 e. The maximum absolute atomic E-state index is 15.4. The molecule has 103 heavy (non-hydrogen) atoms. The number of benzene rings is 7. The van der Waals surface area contributed by atoms with Crippen LogP contribution in [0.2, 0.25) is 10.1 Å². The van der Waals surface area contributed by atoms with Gasteiger partial charge in [-0.3, -0.25) is 14.4 Å². The number of carbonyl (C=O) groups is 6. The number of rotatable bonds is 25. The highest BCUT2D eigenvalue weighted by Gasteiger charge is 2.61. The third kappa shape index (κ3) is 17.6. The Morgan fingerprint density at radius 3 is 1.10 bits per heavy atom. The summed E-state index contributed by atoms with van der Waals surface area (Å²) < 4.78 is 94.5. The van der Waals surface area contributed by atoms with E-state index in [2.05, 4.69) is 47.5 Å². The molecule has 7 aromatic carbocycles. The number of esters is 6. The Labute approximate surface area is 602 Å². The van der Waals surface area contributed by atoms with E-state index in [4.69, 9.17) is 72.1 Å². The molecule has 0 amide bonds. The minimum Gasteiger partial charge on any atom is -0.456 e. The minimum absolute atomic E-state index is 0.0345. The molecule has 3 aliphatic heterocycles. The van der Waals surface area contributed by atoms with Gasteiger partial charge >= 0.3 is 35.8 Å². The molecule has 1 N–H and O–H groups in total. The Bertz CT molecular complexity index is 3910. The molecule has 0 aromatic heterocycles. The van der Waals surface area contributed by atoms with Crippen LogP contribution in [0.1, 0.15) is 100 Å². The summed E-state index contributed by atoms with van der Waals surface area (Å²) in [6.45, 7) is 16.0. The average Bonchev–Trinajstić information content (AvgIpc) is 0.752. The summed E-state index contributed by atoms with van der Waals surface area (Å²) in [6.07, 6.45) is -19.7. The van der Waals surface area contributed by atoms with Gasteiger partial charge in [-0.1, -0.05) is 223 Å². The molecule has 0 bridgehead atoms. The molecule has 15 atom stereocenters. The van der Waals surface area contributed by atoms with Crippen LogP contribution < -0.4 is 20.7 Å². The van der Waals surface area contributed by atoms with E-state index in [0.29, 0.717) is 0 Å². The molecule has 0 aliphatic carbocycles. The summed E-state index contributed by atoms with van der Waals surface area (Å²) in [5.41, 5.74) is 0.148. The van der Waals surface area contributed by atoms with Crippen LogP contribution in [0.15, 0.2) is 212 Å². The third-order valence-corrected chi connectivity index (χ3v) is 28.3. The smallest absolute Gasteiger partial charge is 0.338 e. The molecule has 0 saturated carbocycles. The van der Waals surface area contributed by atoms with Crippen molar-refractivity contribution in [3.05, 3.63) is 229 Å². The predicted octanol–water partition coefficient (Wildman–Crippen LogP) is 8.59. The molecule has 7 aromatic rings. The summed E-state index contributed by atoms with van der Waals surface area (Å²) in [6, 6.07) is 62.8. The zero-order valence-electron chi connectivity index (χ0n) is 59.2. The van der Waals surface area contributed by atoms with Gasteiger partial charge in [-0.25, -0.2) is 14.4 Å². The molecule has 3 fully saturated rings. The van der Waals surface area contributed by atoms with Gasteiger partial charge in [0.05, 0.1) is 36.0 Å². The molecule has 0 radical (unpaired) electrons. The van der Waals surface area contributed by atoms with Crippen molar-refractivity contribution < 1.29 is 99.6 Å². The van der Waals surface area contributed by atoms with Gasteiger partial charge in [0.15, 0.2) is 61.6 Å². The fourth-order valence-electron chi connectivity index (χ4n) is 13.7. The van der Waals surface area contributed by atoms with Crippen molar-refractivity contribution in [1.29, 1.82) is 0 Å². The average molecular weight is 1440 g/mol. The van der Waals surface area contributed by atoms with Crippen molar-refractivity contribution >= 4 is 73.2 Å². The Morgan fingerprint density at radius 1 is 0.398 bits per heavy atom. The molecule has 10 rings (SSSR count). The number of ether oxygens (including phenoxy) is 12. The molecule has 3 heterocycles. The molecule has 3 saturated heterocycles. The first-order valence-corrected chi connectivity index (χ1v) is 38.0. The first kappa shape index (κ1) is 76.6. The Hall–Kier alpha value is -9.01. The van der Waals surface area contributed by atoms with E-state index in [0.717, 1.165) is 41.5 Å². The zero-order valence-corrected chi connectivity index (χ0v) is 61.2. The molecule has 21 nitrogen and oxygen atoms in total. The fraction of sp³-hybridized carbons (Fsp3) is 0.375. The topological polar surface area (TPSA) is 252 Å². The molecule has 542 valence electrons. The number of hydrogen-bond acceptors (Lipinski definition) is 21. The van der Waals surface area contributed by atoms with Crippen LogP contribution in [0, 0.1) is 12.3 Å². The van der Waals surface area contributed by atoms with Gasteiger partial charge in [0, 0.05) is 20.8 Å². The van der Waals surface area contributed by atoms with E-state index in [1.807, 2.05) is 121 Å². The lowest BCUT2D eigenvalue weighted by Gasteiger charge is -2.51. The van der Waals surface area contributed by atoms with E-state index in [1.54, 1.807) is 54.6 Å². The zero-order chi connectivity index (χ0) is 73.6. The van der Waals surface area contributed by atoms with Crippen molar-refractivity contribution in [3.8, 4) is 12.3 Å². The minimum atomic E-state index is -3.65. The molecular weight excluding hydrogens is 1350 g/mol. The third-order valence-electron chi connectivity index (χ3n) is 18.3. The molecule has 0 spiro atoms. The van der Waals surface area contributed by atoms with Gasteiger partial charge in [-0.05, 0) is 74.1 Å². The van der Waals surface area contributed by atoms with Gasteiger partial charge in [-0.15, -0.1) is 6.42 Å². The number of hydrogen-bond donors (Lipinski definition) is 1. The second-order valence-electron chi connectivity index (χ2n) is 27.4. The van der Waals surface area contributed by atoms with E-state index in [-0.39, 0.29) is 16.7 Å². The summed E-state index contributed by atoms with van der Waals surface area (Å²) in [4.78, 5) is 84.5. The highest BCUT2D eigenvalue weighted by molar-refractivity contribution is 7.00. The van der Waals surface area contributed by atoms with Crippen LogP contribution in [0.4, 0.5) is 0 Å². The Kier molecular flexibility index (Phi) is 25.3. The lowest BCUT2D eigenvalue weighted by Crippen LogP contribution is -2.70. The van der Waals surface area contributed by atoms with Crippen LogP contribution in [-0.2, 0) is 80.1 Å². The Morgan fingerprint density at radius 2 is 0.709 bits per heavy atom. The standard InChI is InChI=1S/C80H88O21Si2/c1-12-48-88-76-71(101-77-72(94-54(5)83)68(93-53(4)82)65(51(2)91-77)92-52(3)81)69(98-74(86)56-36-22-14-23-37-56)66(63(96-76)50-90-103(80(9,10)11,60-44-30-18-31-45-60)61-46-32-19-33-47-61)100-78-70(99-75(87)57-38-24-15-25-39-57)67(97-73(85)55-34-20-13-21-35-55)64(84)62(95-78)49-89-102(79(6,7)8,58-40-26-16-27-41-58)59-42-28-17-29-43-59/h1,13-47,51,62-72,76-78,84H,48-50H2,2-11H3/t51-,62+,63+,64+,65-,66+,67-,68+,69-,70+,71+,72+,76+,77-,78-/m0/s1. The SMILES string of the molecule is C#CCO[C@@H]1O[C@H](CO[Si](c2ccccc2)(c2ccccc2)C(C)(C)C)[C@@H](O[C@@H]2O[C@H](CO[Si](c3ccccc3)(c3ccccc3)C(C)(C)C)[C@@H](O)[C@H](OC(=O)c3ccccc3)[C@H]2OC(=O)c2ccccc2)[C@H](OC(=O)c2ccccc2)[C@H]1O[C@@H]1O[C@@H](C)[C@H](OC(C)=O)[C@@H](OC(C)=O)[C@H]1OC(C)=O. The summed E-state index contributed by atoms with van der Waals surface area (Å²) in [5, 5.41) is 15.4. The molecular formula is C80H88O21Si2. The van der Waals surface area contributed by atoms with Gasteiger partial charge in [0.25, 0.3) is 16.6 Å². The quantitative estimate of drug-likeness (QED) is 0.0243. The van der Waals surface area contributed by atoms with Crippen LogP contribution in [-0.4, -0.2) is 169 Å². The molecule has 0 unspecified atom stereocenters. The summed E-state index contributed by atoms with van der Waals surface area (Å²) >= 11 is 0. The van der Waals surface area contributed by atoms with Gasteiger partial charge in [-0.2, -0.15) is 0 Å². The monoisotopic (exact) mass is 1440 g/mol. The van der Waals surface area contributed by atoms with E-state index in [9.17, 15) is 24.3 Å². The van der Waals surface area contributed by atoms with Crippen LogP contribution >= 0.6 is 0 Å². The van der Waals surface area contributed by atoms with Gasteiger partial charge in [0.2, 0.25) is 0 Å². The van der Waals surface area contributed by atoms with Crippen molar-refractivity contribution in [2.75, 3.05) is 19.8 Å². The lowest BCUT2D eigenvalue weighted by molar-refractivity contribution is -0.383.